The quantitative estimate of drug-likeness (QED) is 0.890. The Bertz CT molecular complexity index is 448. The summed E-state index contributed by atoms with van der Waals surface area (Å²) in [5.74, 6) is -0.244. The van der Waals surface area contributed by atoms with Gasteiger partial charge in [0.25, 0.3) is 0 Å². The first-order chi connectivity index (χ1) is 8.99. The van der Waals surface area contributed by atoms with E-state index in [-0.39, 0.29) is 5.82 Å². The summed E-state index contributed by atoms with van der Waals surface area (Å²) in [7, 11) is 2.12. The smallest absolute Gasteiger partial charge is 0.126 e. The van der Waals surface area contributed by atoms with Crippen LogP contribution in [0.4, 0.5) is 10.1 Å². The monoisotopic (exact) mass is 266 g/mol. The standard InChI is InChI=1S/C15H23FN2O/c1-11-9-15(13(12(2)19)10-14(11)16)18-6-4-5-17(3)7-8-18/h9-10,12,19H,4-8H2,1-3H3. The Morgan fingerprint density at radius 3 is 2.63 bits per heavy atom. The number of halogens is 1. The highest BCUT2D eigenvalue weighted by molar-refractivity contribution is 5.57. The van der Waals surface area contributed by atoms with Crippen LogP contribution in [0.2, 0.25) is 0 Å². The molecule has 0 radical (unpaired) electrons. The molecule has 1 aliphatic rings. The lowest BCUT2D eigenvalue weighted by Gasteiger charge is -2.27. The van der Waals surface area contributed by atoms with Gasteiger partial charge in [0, 0.05) is 30.9 Å². The summed E-state index contributed by atoms with van der Waals surface area (Å²) in [6, 6.07) is 3.34. The van der Waals surface area contributed by atoms with Crippen molar-refractivity contribution in [3.63, 3.8) is 0 Å². The van der Waals surface area contributed by atoms with Crippen molar-refractivity contribution in [3.05, 3.63) is 29.1 Å². The number of aliphatic hydroxyl groups excluding tert-OH is 1. The summed E-state index contributed by atoms with van der Waals surface area (Å²) in [5, 5.41) is 9.87. The molecule has 3 nitrogen and oxygen atoms in total. The first-order valence-corrected chi connectivity index (χ1v) is 6.90. The van der Waals surface area contributed by atoms with Crippen molar-refractivity contribution >= 4 is 5.69 Å². The molecule has 1 aromatic rings. The summed E-state index contributed by atoms with van der Waals surface area (Å²) in [4.78, 5) is 4.57. The molecule has 2 rings (SSSR count). The van der Waals surface area contributed by atoms with Crippen LogP contribution in [0.25, 0.3) is 0 Å². The van der Waals surface area contributed by atoms with Gasteiger partial charge < -0.3 is 14.9 Å². The zero-order valence-electron chi connectivity index (χ0n) is 12.0. The number of rotatable bonds is 2. The summed E-state index contributed by atoms with van der Waals surface area (Å²) < 4.78 is 13.7. The first-order valence-electron chi connectivity index (χ1n) is 6.90. The van der Waals surface area contributed by atoms with Gasteiger partial charge in [-0.25, -0.2) is 4.39 Å². The maximum atomic E-state index is 13.7. The Labute approximate surface area is 114 Å². The highest BCUT2D eigenvalue weighted by Crippen LogP contribution is 2.30. The van der Waals surface area contributed by atoms with Crippen LogP contribution < -0.4 is 4.90 Å². The predicted molar refractivity (Wildman–Crippen MR) is 76.1 cm³/mol. The lowest BCUT2D eigenvalue weighted by atomic mass is 10.0. The molecule has 0 saturated carbocycles. The topological polar surface area (TPSA) is 26.7 Å². The SMILES string of the molecule is Cc1cc(N2CCCN(C)CC2)c(C(C)O)cc1F. The Morgan fingerprint density at radius 2 is 1.95 bits per heavy atom. The third-order valence-corrected chi connectivity index (χ3v) is 3.82. The lowest BCUT2D eigenvalue weighted by molar-refractivity contribution is 0.199. The molecule has 4 heteroatoms. The van der Waals surface area contributed by atoms with Gasteiger partial charge >= 0.3 is 0 Å². The summed E-state index contributed by atoms with van der Waals surface area (Å²) in [5.41, 5.74) is 2.30. The van der Waals surface area contributed by atoms with E-state index in [9.17, 15) is 9.50 Å². The number of aryl methyl sites for hydroxylation is 1. The van der Waals surface area contributed by atoms with Crippen LogP contribution in [-0.2, 0) is 0 Å². The fourth-order valence-corrected chi connectivity index (χ4v) is 2.58. The third-order valence-electron chi connectivity index (χ3n) is 3.82. The van der Waals surface area contributed by atoms with Crippen LogP contribution in [0, 0.1) is 12.7 Å². The van der Waals surface area contributed by atoms with Crippen LogP contribution in [0.15, 0.2) is 12.1 Å². The number of anilines is 1. The second kappa shape index (κ2) is 5.88. The molecule has 19 heavy (non-hydrogen) atoms. The van der Waals surface area contributed by atoms with E-state index in [1.54, 1.807) is 13.8 Å². The van der Waals surface area contributed by atoms with E-state index in [4.69, 9.17) is 0 Å². The predicted octanol–water partition coefficient (Wildman–Crippen LogP) is 2.33. The fourth-order valence-electron chi connectivity index (χ4n) is 2.58. The molecule has 0 bridgehead atoms. The van der Waals surface area contributed by atoms with Gasteiger partial charge in [-0.2, -0.15) is 0 Å². The molecule has 1 saturated heterocycles. The Kier molecular flexibility index (Phi) is 4.42. The minimum atomic E-state index is -0.647. The van der Waals surface area contributed by atoms with Gasteiger partial charge in [0.05, 0.1) is 6.10 Å². The van der Waals surface area contributed by atoms with Crippen molar-refractivity contribution in [2.45, 2.75) is 26.4 Å². The zero-order valence-corrected chi connectivity index (χ0v) is 12.0. The number of benzene rings is 1. The van der Waals surface area contributed by atoms with E-state index in [1.807, 2.05) is 6.07 Å². The van der Waals surface area contributed by atoms with Crippen molar-refractivity contribution in [1.29, 1.82) is 0 Å². The molecule has 1 unspecified atom stereocenters. The Balaban J connectivity index is 2.34. The highest BCUT2D eigenvalue weighted by Gasteiger charge is 2.19. The normalized spacial score (nSPS) is 19.3. The summed E-state index contributed by atoms with van der Waals surface area (Å²) in [6.45, 7) is 7.42. The van der Waals surface area contributed by atoms with E-state index < -0.39 is 6.10 Å². The number of hydrogen-bond acceptors (Lipinski definition) is 3. The van der Waals surface area contributed by atoms with Crippen molar-refractivity contribution in [2.24, 2.45) is 0 Å². The fraction of sp³-hybridized carbons (Fsp3) is 0.600. The molecule has 1 aromatic carbocycles. The molecule has 1 fully saturated rings. The summed E-state index contributed by atoms with van der Waals surface area (Å²) >= 11 is 0. The summed E-state index contributed by atoms with van der Waals surface area (Å²) in [6.07, 6.45) is 0.442. The Morgan fingerprint density at radius 1 is 1.21 bits per heavy atom. The van der Waals surface area contributed by atoms with Gasteiger partial charge in [-0.1, -0.05) is 0 Å². The molecule has 1 aliphatic heterocycles. The van der Waals surface area contributed by atoms with Gasteiger partial charge in [-0.3, -0.25) is 0 Å². The van der Waals surface area contributed by atoms with Gasteiger partial charge in [-0.05, 0) is 51.6 Å². The molecule has 0 spiro atoms. The van der Waals surface area contributed by atoms with Crippen molar-refractivity contribution in [3.8, 4) is 0 Å². The molecule has 1 heterocycles. The molecule has 1 N–H and O–H groups in total. The molecule has 106 valence electrons. The van der Waals surface area contributed by atoms with Gasteiger partial charge in [0.15, 0.2) is 0 Å². The molecule has 0 aromatic heterocycles. The average molecular weight is 266 g/mol. The second-order valence-corrected chi connectivity index (χ2v) is 5.48. The largest absolute Gasteiger partial charge is 0.389 e. The minimum absolute atomic E-state index is 0.244. The molecular weight excluding hydrogens is 243 g/mol. The average Bonchev–Trinajstić information content (AvgIpc) is 2.57. The number of likely N-dealkylation sites (N-methyl/N-ethyl adjacent to an activating group) is 1. The molecule has 0 amide bonds. The van der Waals surface area contributed by atoms with Crippen molar-refractivity contribution in [1.82, 2.24) is 4.90 Å². The van der Waals surface area contributed by atoms with Gasteiger partial charge in [-0.15, -0.1) is 0 Å². The van der Waals surface area contributed by atoms with E-state index in [1.165, 1.54) is 6.07 Å². The second-order valence-electron chi connectivity index (χ2n) is 5.48. The highest BCUT2D eigenvalue weighted by atomic mass is 19.1. The molecule has 1 atom stereocenters. The first kappa shape index (κ1) is 14.3. The van der Waals surface area contributed by atoms with Crippen LogP contribution in [0.3, 0.4) is 0 Å². The minimum Gasteiger partial charge on any atom is -0.389 e. The van der Waals surface area contributed by atoms with Crippen LogP contribution in [-0.4, -0.2) is 43.2 Å². The Hall–Kier alpha value is -1.13. The van der Waals surface area contributed by atoms with Crippen LogP contribution >= 0.6 is 0 Å². The van der Waals surface area contributed by atoms with E-state index in [0.29, 0.717) is 11.1 Å². The number of aliphatic hydroxyl groups is 1. The number of hydrogen-bond donors (Lipinski definition) is 1. The van der Waals surface area contributed by atoms with Crippen molar-refractivity contribution in [2.75, 3.05) is 38.1 Å². The lowest BCUT2D eigenvalue weighted by Crippen LogP contribution is -2.29. The van der Waals surface area contributed by atoms with E-state index >= 15 is 0 Å². The maximum absolute atomic E-state index is 13.7. The van der Waals surface area contributed by atoms with E-state index in [0.717, 1.165) is 38.3 Å². The van der Waals surface area contributed by atoms with Crippen molar-refractivity contribution < 1.29 is 9.50 Å². The molecular formula is C15H23FN2O. The van der Waals surface area contributed by atoms with Gasteiger partial charge in [0.2, 0.25) is 0 Å². The van der Waals surface area contributed by atoms with Crippen LogP contribution in [0.1, 0.15) is 30.6 Å². The van der Waals surface area contributed by atoms with E-state index in [2.05, 4.69) is 16.8 Å². The number of nitrogens with zero attached hydrogens (tertiary/aromatic N) is 2. The maximum Gasteiger partial charge on any atom is 0.126 e. The van der Waals surface area contributed by atoms with Gasteiger partial charge in [0.1, 0.15) is 5.82 Å². The molecule has 0 aliphatic carbocycles. The third kappa shape index (κ3) is 3.25. The van der Waals surface area contributed by atoms with Crippen LogP contribution in [0.5, 0.6) is 0 Å². The zero-order chi connectivity index (χ0) is 14.0.